The summed E-state index contributed by atoms with van der Waals surface area (Å²) in [5.41, 5.74) is 2.48. The van der Waals surface area contributed by atoms with Gasteiger partial charge in [-0.15, -0.1) is 0 Å². The Hall–Kier alpha value is -1.39. The maximum absolute atomic E-state index is 11.3. The van der Waals surface area contributed by atoms with Crippen LogP contribution in [0.25, 0.3) is 0 Å². The molecule has 1 aromatic carbocycles. The molecule has 104 valence electrons. The lowest BCUT2D eigenvalue weighted by Gasteiger charge is -2.26. The Kier molecular flexibility index (Phi) is 4.56. The molecule has 2 rings (SSSR count). The second-order valence-corrected chi connectivity index (χ2v) is 5.44. The third-order valence-electron chi connectivity index (χ3n) is 3.67. The molecule has 2 unspecified atom stereocenters. The predicted octanol–water partition coefficient (Wildman–Crippen LogP) is 1.92. The minimum atomic E-state index is -0.773. The van der Waals surface area contributed by atoms with Crippen molar-refractivity contribution in [2.75, 3.05) is 6.54 Å². The molecule has 0 aromatic heterocycles. The van der Waals surface area contributed by atoms with Gasteiger partial charge < -0.3 is 10.4 Å². The molecule has 19 heavy (non-hydrogen) atoms. The minimum Gasteiger partial charge on any atom is -0.480 e. The summed E-state index contributed by atoms with van der Waals surface area (Å²) in [4.78, 5) is 11.3. The minimum absolute atomic E-state index is 0.0703. The summed E-state index contributed by atoms with van der Waals surface area (Å²) in [7, 11) is 0. The van der Waals surface area contributed by atoms with Gasteiger partial charge in [-0.25, -0.2) is 0 Å². The fourth-order valence-corrected chi connectivity index (χ4v) is 2.60. The van der Waals surface area contributed by atoms with Crippen molar-refractivity contribution in [1.82, 2.24) is 10.6 Å². The van der Waals surface area contributed by atoms with Gasteiger partial charge in [0.05, 0.1) is 0 Å². The molecule has 1 heterocycles. The lowest BCUT2D eigenvalue weighted by molar-refractivity contribution is -0.140. The van der Waals surface area contributed by atoms with E-state index in [1.807, 2.05) is 26.0 Å². The Morgan fingerprint density at radius 3 is 2.84 bits per heavy atom. The third kappa shape index (κ3) is 3.33. The molecule has 0 saturated carbocycles. The Bertz CT molecular complexity index is 446. The van der Waals surface area contributed by atoms with Crippen LogP contribution in [0.2, 0.25) is 0 Å². The average Bonchev–Trinajstić information content (AvgIpc) is 2.57. The molecular weight excluding hydrogens is 240 g/mol. The highest BCUT2D eigenvalue weighted by Gasteiger charge is 2.27. The number of nitrogens with one attached hydrogen (secondary N) is 2. The molecule has 4 nitrogen and oxygen atoms in total. The van der Waals surface area contributed by atoms with Crippen LogP contribution in [0.3, 0.4) is 0 Å². The van der Waals surface area contributed by atoms with Crippen molar-refractivity contribution in [3.63, 3.8) is 0 Å². The fraction of sp³-hybridized carbons (Fsp3) is 0.533. The molecule has 0 fully saturated rings. The molecular formula is C15H22N2O2. The van der Waals surface area contributed by atoms with Gasteiger partial charge in [0, 0.05) is 12.6 Å². The van der Waals surface area contributed by atoms with Crippen LogP contribution in [0.5, 0.6) is 0 Å². The van der Waals surface area contributed by atoms with Gasteiger partial charge >= 0.3 is 5.97 Å². The van der Waals surface area contributed by atoms with Gasteiger partial charge in [-0.1, -0.05) is 38.1 Å². The number of carboxylic acids is 1. The number of aliphatic carboxylic acids is 1. The molecule has 0 bridgehead atoms. The van der Waals surface area contributed by atoms with Gasteiger partial charge in [0.1, 0.15) is 6.04 Å². The SMILES string of the molecule is CC(C)C(NC1CCNCc2ccccc21)C(=O)O. The van der Waals surface area contributed by atoms with Gasteiger partial charge in [-0.3, -0.25) is 10.1 Å². The Balaban J connectivity index is 2.22. The number of hydrogen-bond donors (Lipinski definition) is 3. The summed E-state index contributed by atoms with van der Waals surface area (Å²) < 4.78 is 0. The Morgan fingerprint density at radius 1 is 1.42 bits per heavy atom. The molecule has 0 aliphatic carbocycles. The zero-order chi connectivity index (χ0) is 13.8. The van der Waals surface area contributed by atoms with Crippen molar-refractivity contribution in [2.45, 2.75) is 38.9 Å². The molecule has 1 aliphatic rings. The first-order chi connectivity index (χ1) is 9.09. The van der Waals surface area contributed by atoms with E-state index in [0.29, 0.717) is 0 Å². The van der Waals surface area contributed by atoms with E-state index in [2.05, 4.69) is 22.8 Å². The van der Waals surface area contributed by atoms with Crippen molar-refractivity contribution in [3.05, 3.63) is 35.4 Å². The fourth-order valence-electron chi connectivity index (χ4n) is 2.60. The highest BCUT2D eigenvalue weighted by Crippen LogP contribution is 2.24. The first-order valence-electron chi connectivity index (χ1n) is 6.87. The molecule has 2 atom stereocenters. The van der Waals surface area contributed by atoms with Crippen molar-refractivity contribution >= 4 is 5.97 Å². The summed E-state index contributed by atoms with van der Waals surface area (Å²) >= 11 is 0. The van der Waals surface area contributed by atoms with E-state index < -0.39 is 12.0 Å². The number of hydrogen-bond acceptors (Lipinski definition) is 3. The largest absolute Gasteiger partial charge is 0.480 e. The van der Waals surface area contributed by atoms with Crippen molar-refractivity contribution in [2.24, 2.45) is 5.92 Å². The zero-order valence-electron chi connectivity index (χ0n) is 11.5. The van der Waals surface area contributed by atoms with Crippen LogP contribution in [-0.2, 0) is 11.3 Å². The predicted molar refractivity (Wildman–Crippen MR) is 74.9 cm³/mol. The van der Waals surface area contributed by atoms with Crippen LogP contribution < -0.4 is 10.6 Å². The van der Waals surface area contributed by atoms with E-state index in [1.165, 1.54) is 11.1 Å². The highest BCUT2D eigenvalue weighted by atomic mass is 16.4. The quantitative estimate of drug-likeness (QED) is 0.776. The molecule has 1 aliphatic heterocycles. The van der Waals surface area contributed by atoms with Crippen molar-refractivity contribution in [1.29, 1.82) is 0 Å². The van der Waals surface area contributed by atoms with Crippen LogP contribution >= 0.6 is 0 Å². The van der Waals surface area contributed by atoms with E-state index in [4.69, 9.17) is 0 Å². The monoisotopic (exact) mass is 262 g/mol. The Morgan fingerprint density at radius 2 is 2.16 bits per heavy atom. The number of benzene rings is 1. The summed E-state index contributed by atoms with van der Waals surface area (Å²) in [6.07, 6.45) is 0.910. The lowest BCUT2D eigenvalue weighted by Crippen LogP contribution is -2.43. The first kappa shape index (κ1) is 14.0. The van der Waals surface area contributed by atoms with E-state index >= 15 is 0 Å². The number of carboxylic acid groups (broad SMARTS) is 1. The molecule has 0 spiro atoms. The van der Waals surface area contributed by atoms with E-state index in [0.717, 1.165) is 19.5 Å². The maximum atomic E-state index is 11.3. The zero-order valence-corrected chi connectivity index (χ0v) is 11.5. The second-order valence-electron chi connectivity index (χ2n) is 5.44. The summed E-state index contributed by atoms with van der Waals surface area (Å²) in [5.74, 6) is -0.703. The third-order valence-corrected chi connectivity index (χ3v) is 3.67. The van der Waals surface area contributed by atoms with Crippen molar-refractivity contribution in [3.8, 4) is 0 Å². The lowest BCUT2D eigenvalue weighted by atomic mass is 9.96. The van der Waals surface area contributed by atoms with Gasteiger partial charge in [-0.05, 0) is 30.0 Å². The van der Waals surface area contributed by atoms with Crippen LogP contribution in [0, 0.1) is 5.92 Å². The van der Waals surface area contributed by atoms with E-state index in [-0.39, 0.29) is 12.0 Å². The molecule has 4 heteroatoms. The topological polar surface area (TPSA) is 61.4 Å². The van der Waals surface area contributed by atoms with Gasteiger partial charge in [-0.2, -0.15) is 0 Å². The van der Waals surface area contributed by atoms with Crippen LogP contribution in [0.4, 0.5) is 0 Å². The Labute approximate surface area is 114 Å². The normalized spacial score (nSPS) is 20.7. The second kappa shape index (κ2) is 6.17. The van der Waals surface area contributed by atoms with Crippen LogP contribution in [0.15, 0.2) is 24.3 Å². The van der Waals surface area contributed by atoms with E-state index in [1.54, 1.807) is 0 Å². The highest BCUT2D eigenvalue weighted by molar-refractivity contribution is 5.73. The number of carbonyl (C=O) groups is 1. The van der Waals surface area contributed by atoms with Gasteiger partial charge in [0.2, 0.25) is 0 Å². The first-order valence-corrected chi connectivity index (χ1v) is 6.87. The number of rotatable bonds is 4. The molecule has 0 amide bonds. The maximum Gasteiger partial charge on any atom is 0.320 e. The molecule has 3 N–H and O–H groups in total. The van der Waals surface area contributed by atoms with E-state index in [9.17, 15) is 9.90 Å². The number of fused-ring (bicyclic) bond motifs is 1. The van der Waals surface area contributed by atoms with Crippen LogP contribution in [-0.4, -0.2) is 23.7 Å². The van der Waals surface area contributed by atoms with Gasteiger partial charge in [0.15, 0.2) is 0 Å². The molecule has 0 saturated heterocycles. The van der Waals surface area contributed by atoms with Crippen LogP contribution in [0.1, 0.15) is 37.4 Å². The smallest absolute Gasteiger partial charge is 0.320 e. The van der Waals surface area contributed by atoms with Gasteiger partial charge in [0.25, 0.3) is 0 Å². The summed E-state index contributed by atoms with van der Waals surface area (Å²) in [5, 5.41) is 16.0. The molecule has 0 radical (unpaired) electrons. The average molecular weight is 262 g/mol. The summed E-state index contributed by atoms with van der Waals surface area (Å²) in [6.45, 7) is 5.63. The summed E-state index contributed by atoms with van der Waals surface area (Å²) in [6, 6.07) is 7.85. The van der Waals surface area contributed by atoms with Crippen molar-refractivity contribution < 1.29 is 9.90 Å². The molecule has 1 aromatic rings. The standard InChI is InChI=1S/C15H22N2O2/c1-10(2)14(15(18)19)17-13-7-8-16-9-11-5-3-4-6-12(11)13/h3-6,10,13-14,16-17H,7-9H2,1-2H3,(H,18,19).